The molecule has 3 aromatic carbocycles. The molecule has 0 spiro atoms. The first-order valence-electron chi connectivity index (χ1n) is 9.75. The van der Waals surface area contributed by atoms with E-state index in [1.54, 1.807) is 43.3 Å². The molecule has 0 aliphatic carbocycles. The normalized spacial score (nSPS) is 14.6. The number of carbonyl (C=O) groups is 1. The Morgan fingerprint density at radius 2 is 1.81 bits per heavy atom. The van der Waals surface area contributed by atoms with Crippen LogP contribution < -0.4 is 9.75 Å². The Bertz CT molecular complexity index is 1240. The Labute approximate surface area is 189 Å². The van der Waals surface area contributed by atoms with Crippen molar-refractivity contribution in [1.82, 2.24) is 0 Å². The predicted molar refractivity (Wildman–Crippen MR) is 124 cm³/mol. The molecule has 0 unspecified atom stereocenters. The van der Waals surface area contributed by atoms with Gasteiger partial charge >= 0.3 is 0 Å². The van der Waals surface area contributed by atoms with Gasteiger partial charge in [0.05, 0.1) is 21.9 Å². The maximum Gasteiger partial charge on any atom is 0.280 e. The number of para-hydroxylation sites is 1. The van der Waals surface area contributed by atoms with Gasteiger partial charge in [0, 0.05) is 22.7 Å². The fourth-order valence-electron chi connectivity index (χ4n) is 3.22. The van der Waals surface area contributed by atoms with E-state index in [0.29, 0.717) is 33.3 Å². The highest BCUT2D eigenvalue weighted by Gasteiger charge is 2.28. The van der Waals surface area contributed by atoms with E-state index in [9.17, 15) is 14.9 Å². The first kappa shape index (κ1) is 21.3. The van der Waals surface area contributed by atoms with Gasteiger partial charge in [0.15, 0.2) is 0 Å². The largest absolute Gasteiger partial charge is 0.488 e. The molecule has 0 fully saturated rings. The summed E-state index contributed by atoms with van der Waals surface area (Å²) in [6.07, 6.45) is 1.71. The number of amides is 1. The summed E-state index contributed by atoms with van der Waals surface area (Å²) in [5.41, 5.74) is 3.13. The van der Waals surface area contributed by atoms with Crippen molar-refractivity contribution in [3.8, 4) is 5.75 Å². The number of carbonyl (C=O) groups excluding carboxylic acids is 1. The van der Waals surface area contributed by atoms with Crippen molar-refractivity contribution < 1.29 is 14.5 Å². The highest BCUT2D eigenvalue weighted by atomic mass is 35.5. The molecule has 0 saturated carbocycles. The smallest absolute Gasteiger partial charge is 0.280 e. The average Bonchev–Trinajstić information content (AvgIpc) is 3.08. The number of hydrogen-bond donors (Lipinski definition) is 0. The van der Waals surface area contributed by atoms with E-state index in [-0.39, 0.29) is 18.2 Å². The van der Waals surface area contributed by atoms with Gasteiger partial charge in [-0.2, -0.15) is 10.1 Å². The topological polar surface area (TPSA) is 85.0 Å². The molecule has 0 aromatic heterocycles. The summed E-state index contributed by atoms with van der Waals surface area (Å²) >= 11 is 6.19. The molecule has 0 radical (unpaired) electrons. The van der Waals surface area contributed by atoms with Gasteiger partial charge in [0.2, 0.25) is 0 Å². The lowest BCUT2D eigenvalue weighted by Gasteiger charge is -2.12. The number of nitro groups is 1. The van der Waals surface area contributed by atoms with Crippen LogP contribution in [0.25, 0.3) is 6.08 Å². The third-order valence-electron chi connectivity index (χ3n) is 4.88. The third-order valence-corrected chi connectivity index (χ3v) is 5.11. The second-order valence-corrected chi connectivity index (χ2v) is 7.53. The zero-order chi connectivity index (χ0) is 22.7. The number of benzene rings is 3. The molecule has 7 nitrogen and oxygen atoms in total. The summed E-state index contributed by atoms with van der Waals surface area (Å²) < 4.78 is 5.93. The van der Waals surface area contributed by atoms with Crippen LogP contribution >= 0.6 is 11.6 Å². The van der Waals surface area contributed by atoms with E-state index in [1.807, 2.05) is 30.3 Å². The van der Waals surface area contributed by atoms with Crippen molar-refractivity contribution >= 4 is 40.7 Å². The van der Waals surface area contributed by atoms with Crippen LogP contribution in [0.3, 0.4) is 0 Å². The SMILES string of the molecule is CC1=NN(c2ccccc2)C(=O)/C1=C/c1cc(Cl)ccc1OCc1ccc([N+](=O)[O-])cc1. The summed E-state index contributed by atoms with van der Waals surface area (Å²) in [7, 11) is 0. The van der Waals surface area contributed by atoms with E-state index in [2.05, 4.69) is 5.10 Å². The van der Waals surface area contributed by atoms with Crippen molar-refractivity contribution in [1.29, 1.82) is 0 Å². The summed E-state index contributed by atoms with van der Waals surface area (Å²) in [6, 6.07) is 20.5. The number of hydrazone groups is 1. The van der Waals surface area contributed by atoms with Crippen molar-refractivity contribution in [3.63, 3.8) is 0 Å². The molecule has 0 bridgehead atoms. The number of nitro benzene ring substituents is 1. The molecule has 3 aromatic rings. The van der Waals surface area contributed by atoms with Crippen LogP contribution in [0.2, 0.25) is 5.02 Å². The van der Waals surface area contributed by atoms with Gasteiger partial charge in [-0.1, -0.05) is 29.8 Å². The highest BCUT2D eigenvalue weighted by molar-refractivity contribution is 6.33. The molecule has 1 heterocycles. The molecule has 4 rings (SSSR count). The number of hydrogen-bond acceptors (Lipinski definition) is 5. The van der Waals surface area contributed by atoms with Gasteiger partial charge in [0.25, 0.3) is 11.6 Å². The zero-order valence-electron chi connectivity index (χ0n) is 17.1. The number of nitrogens with zero attached hydrogens (tertiary/aromatic N) is 3. The van der Waals surface area contributed by atoms with E-state index >= 15 is 0 Å². The number of halogens is 1. The lowest BCUT2D eigenvalue weighted by atomic mass is 10.1. The summed E-state index contributed by atoms with van der Waals surface area (Å²) in [4.78, 5) is 23.4. The van der Waals surface area contributed by atoms with E-state index < -0.39 is 4.92 Å². The first-order chi connectivity index (χ1) is 15.4. The molecule has 32 heavy (non-hydrogen) atoms. The summed E-state index contributed by atoms with van der Waals surface area (Å²) in [5.74, 6) is 0.286. The fourth-order valence-corrected chi connectivity index (χ4v) is 3.40. The molecule has 1 amide bonds. The molecule has 0 atom stereocenters. The van der Waals surface area contributed by atoms with Crippen LogP contribution in [0, 0.1) is 10.1 Å². The standard InChI is InChI=1S/C24H18ClN3O4/c1-16-22(24(29)27(26-16)20-5-3-2-4-6-20)14-18-13-19(25)9-12-23(18)32-15-17-7-10-21(11-8-17)28(30)31/h2-14H,15H2,1H3/b22-14+. The van der Waals surface area contributed by atoms with Gasteiger partial charge in [0.1, 0.15) is 12.4 Å². The summed E-state index contributed by atoms with van der Waals surface area (Å²) in [6.45, 7) is 1.97. The second kappa shape index (κ2) is 9.03. The Morgan fingerprint density at radius 1 is 1.09 bits per heavy atom. The molecule has 8 heteroatoms. The quantitative estimate of drug-likeness (QED) is 0.278. The minimum atomic E-state index is -0.449. The Morgan fingerprint density at radius 3 is 2.50 bits per heavy atom. The molecule has 1 aliphatic rings. The molecule has 0 N–H and O–H groups in total. The van der Waals surface area contributed by atoms with Crippen LogP contribution in [-0.4, -0.2) is 16.5 Å². The van der Waals surface area contributed by atoms with E-state index in [4.69, 9.17) is 16.3 Å². The minimum absolute atomic E-state index is 0.0168. The Balaban J connectivity index is 1.58. The van der Waals surface area contributed by atoms with Gasteiger partial charge in [-0.3, -0.25) is 14.9 Å². The summed E-state index contributed by atoms with van der Waals surface area (Å²) in [5, 5.41) is 17.1. The van der Waals surface area contributed by atoms with Crippen molar-refractivity contribution in [2.45, 2.75) is 13.5 Å². The van der Waals surface area contributed by atoms with Crippen LogP contribution in [0.5, 0.6) is 5.75 Å². The van der Waals surface area contributed by atoms with Crippen LogP contribution in [0.4, 0.5) is 11.4 Å². The second-order valence-electron chi connectivity index (χ2n) is 7.09. The van der Waals surface area contributed by atoms with E-state index in [0.717, 1.165) is 5.56 Å². The monoisotopic (exact) mass is 447 g/mol. The maximum absolute atomic E-state index is 13.0. The van der Waals surface area contributed by atoms with Gasteiger partial charge in [-0.05, 0) is 61.0 Å². The van der Waals surface area contributed by atoms with Crippen molar-refractivity contribution in [2.75, 3.05) is 5.01 Å². The Kier molecular flexibility index (Phi) is 6.00. The molecule has 160 valence electrons. The van der Waals surface area contributed by atoms with Crippen molar-refractivity contribution in [2.24, 2.45) is 5.10 Å². The van der Waals surface area contributed by atoms with Gasteiger partial charge < -0.3 is 4.74 Å². The van der Waals surface area contributed by atoms with Crippen LogP contribution in [-0.2, 0) is 11.4 Å². The fraction of sp³-hybridized carbons (Fsp3) is 0.0833. The van der Waals surface area contributed by atoms with Gasteiger partial charge in [-0.15, -0.1) is 0 Å². The Hall–Kier alpha value is -3.97. The zero-order valence-corrected chi connectivity index (χ0v) is 17.8. The number of anilines is 1. The highest BCUT2D eigenvalue weighted by Crippen LogP contribution is 2.30. The molecular formula is C24H18ClN3O4. The molecule has 0 saturated heterocycles. The lowest BCUT2D eigenvalue weighted by molar-refractivity contribution is -0.384. The third kappa shape index (κ3) is 4.53. The molecule has 1 aliphatic heterocycles. The number of non-ortho nitro benzene ring substituents is 1. The van der Waals surface area contributed by atoms with Crippen LogP contribution in [0.1, 0.15) is 18.1 Å². The molecular weight excluding hydrogens is 430 g/mol. The minimum Gasteiger partial charge on any atom is -0.488 e. The van der Waals surface area contributed by atoms with Crippen LogP contribution in [0.15, 0.2) is 83.5 Å². The predicted octanol–water partition coefficient (Wildman–Crippen LogP) is 5.63. The average molecular weight is 448 g/mol. The lowest BCUT2D eigenvalue weighted by Crippen LogP contribution is -2.21. The van der Waals surface area contributed by atoms with E-state index in [1.165, 1.54) is 17.1 Å². The number of ether oxygens (including phenoxy) is 1. The van der Waals surface area contributed by atoms with Crippen molar-refractivity contribution in [3.05, 3.63) is 105 Å². The first-order valence-corrected chi connectivity index (χ1v) is 10.1. The number of rotatable bonds is 6. The van der Waals surface area contributed by atoms with Gasteiger partial charge in [-0.25, -0.2) is 0 Å². The maximum atomic E-state index is 13.0.